The summed E-state index contributed by atoms with van der Waals surface area (Å²) in [6.07, 6.45) is 1.47. The first-order valence-electron chi connectivity index (χ1n) is 13.4. The Morgan fingerprint density at radius 3 is 2.29 bits per heavy atom. The van der Waals surface area contributed by atoms with Crippen LogP contribution >= 0.6 is 0 Å². The standard InChI is InChI=1S/C31H29F2N5O5S2/c1-31(2,3)38-44(39,40)23-7-5-6-19(13-23)24-14-20-12-18(8-10-26(20)36-29(24)34)21-15-27(30(43-4)35-17-21)37-45(41,42)28-11-9-22(32)16-25(28)33/h5-17,37-38H,1-4H3,(H2,34,36). The number of fused-ring (bicyclic) bond motifs is 1. The number of ether oxygens (including phenoxy) is 1. The van der Waals surface area contributed by atoms with Crippen LogP contribution in [0.3, 0.4) is 0 Å². The van der Waals surface area contributed by atoms with Gasteiger partial charge in [0, 0.05) is 34.3 Å². The Labute approximate surface area is 259 Å². The van der Waals surface area contributed by atoms with Crippen molar-refractivity contribution in [3.8, 4) is 28.1 Å². The Bertz CT molecular complexity index is 2170. The van der Waals surface area contributed by atoms with Gasteiger partial charge in [-0.2, -0.15) is 0 Å². The molecule has 0 aliphatic heterocycles. The van der Waals surface area contributed by atoms with Crippen LogP contribution in [0.25, 0.3) is 33.2 Å². The summed E-state index contributed by atoms with van der Waals surface area (Å²) in [6.45, 7) is 5.25. The van der Waals surface area contributed by atoms with Crippen LogP contribution in [0.5, 0.6) is 5.88 Å². The van der Waals surface area contributed by atoms with Crippen LogP contribution in [0.1, 0.15) is 20.8 Å². The predicted molar refractivity (Wildman–Crippen MR) is 169 cm³/mol. The topological polar surface area (TPSA) is 153 Å². The molecule has 45 heavy (non-hydrogen) atoms. The molecule has 5 aromatic rings. The van der Waals surface area contributed by atoms with Gasteiger partial charge in [0.15, 0.2) is 0 Å². The lowest BCUT2D eigenvalue weighted by Gasteiger charge is -2.20. The predicted octanol–water partition coefficient (Wildman–Crippen LogP) is 5.71. The summed E-state index contributed by atoms with van der Waals surface area (Å²) in [7, 11) is -6.98. The fourth-order valence-corrected chi connectivity index (χ4v) is 7.21. The highest BCUT2D eigenvalue weighted by atomic mass is 32.2. The number of aromatic nitrogens is 2. The highest BCUT2D eigenvalue weighted by Crippen LogP contribution is 2.34. The molecule has 0 radical (unpaired) electrons. The van der Waals surface area contributed by atoms with Crippen LogP contribution in [0.2, 0.25) is 0 Å². The first kappa shape index (κ1) is 31.8. The highest BCUT2D eigenvalue weighted by molar-refractivity contribution is 7.92. The number of nitrogen functional groups attached to an aromatic ring is 1. The minimum absolute atomic E-state index is 0.0712. The van der Waals surface area contributed by atoms with Crippen molar-refractivity contribution in [1.29, 1.82) is 0 Å². The fourth-order valence-electron chi connectivity index (χ4n) is 4.63. The summed E-state index contributed by atoms with van der Waals surface area (Å²) in [5.74, 6) is -2.04. The zero-order chi connectivity index (χ0) is 32.7. The quantitative estimate of drug-likeness (QED) is 0.193. The molecule has 234 valence electrons. The molecule has 0 fully saturated rings. The van der Waals surface area contributed by atoms with Crippen molar-refractivity contribution in [3.63, 3.8) is 0 Å². The molecule has 0 spiro atoms. The van der Waals surface area contributed by atoms with Gasteiger partial charge in [0.1, 0.15) is 28.0 Å². The second kappa shape index (κ2) is 11.7. The van der Waals surface area contributed by atoms with Gasteiger partial charge in [0.05, 0.1) is 17.5 Å². The summed E-state index contributed by atoms with van der Waals surface area (Å²) >= 11 is 0. The number of benzene rings is 3. The van der Waals surface area contributed by atoms with E-state index in [-0.39, 0.29) is 22.3 Å². The Morgan fingerprint density at radius 1 is 0.844 bits per heavy atom. The van der Waals surface area contributed by atoms with Crippen molar-refractivity contribution in [2.24, 2.45) is 0 Å². The number of halogens is 2. The number of rotatable bonds is 8. The molecule has 0 saturated heterocycles. The van der Waals surface area contributed by atoms with Gasteiger partial charge in [-0.3, -0.25) is 4.72 Å². The molecular weight excluding hydrogens is 625 g/mol. The Hall–Kier alpha value is -4.66. The molecule has 5 rings (SSSR count). The third kappa shape index (κ3) is 6.87. The summed E-state index contributed by atoms with van der Waals surface area (Å²) < 4.78 is 89.6. The zero-order valence-corrected chi connectivity index (χ0v) is 26.2. The molecule has 0 bridgehead atoms. The minimum Gasteiger partial charge on any atom is -0.480 e. The van der Waals surface area contributed by atoms with Crippen molar-refractivity contribution in [2.45, 2.75) is 36.1 Å². The Balaban J connectivity index is 1.54. The Morgan fingerprint density at radius 2 is 1.60 bits per heavy atom. The highest BCUT2D eigenvalue weighted by Gasteiger charge is 2.24. The molecular formula is C31H29F2N5O5S2. The van der Waals surface area contributed by atoms with Crippen molar-refractivity contribution in [3.05, 3.63) is 90.6 Å². The molecule has 10 nitrogen and oxygen atoms in total. The monoisotopic (exact) mass is 653 g/mol. The van der Waals surface area contributed by atoms with E-state index in [1.807, 2.05) is 0 Å². The molecule has 14 heteroatoms. The summed E-state index contributed by atoms with van der Waals surface area (Å²) in [5, 5.41) is 0.657. The van der Waals surface area contributed by atoms with Gasteiger partial charge in [-0.15, -0.1) is 0 Å². The summed E-state index contributed by atoms with van der Waals surface area (Å²) in [5.41, 5.74) is 8.26. The zero-order valence-electron chi connectivity index (χ0n) is 24.6. The smallest absolute Gasteiger partial charge is 0.264 e. The van der Waals surface area contributed by atoms with Gasteiger partial charge in [0.2, 0.25) is 15.9 Å². The third-order valence-corrected chi connectivity index (χ3v) is 9.70. The SMILES string of the molecule is COc1ncc(-c2ccc3nc(N)c(-c4cccc(S(=O)(=O)NC(C)(C)C)c4)cc3c2)cc1NS(=O)(=O)c1ccc(F)cc1F. The number of nitrogens with zero attached hydrogens (tertiary/aromatic N) is 2. The summed E-state index contributed by atoms with van der Waals surface area (Å²) in [6, 6.07) is 17.0. The van der Waals surface area contributed by atoms with E-state index in [9.17, 15) is 25.6 Å². The van der Waals surface area contributed by atoms with E-state index in [2.05, 4.69) is 19.4 Å². The molecule has 2 heterocycles. The average molecular weight is 654 g/mol. The van der Waals surface area contributed by atoms with E-state index in [4.69, 9.17) is 10.5 Å². The third-order valence-electron chi connectivity index (χ3n) is 6.55. The van der Waals surface area contributed by atoms with E-state index in [0.29, 0.717) is 39.2 Å². The molecule has 4 N–H and O–H groups in total. The molecule has 0 aliphatic rings. The van der Waals surface area contributed by atoms with Crippen molar-refractivity contribution < 1.29 is 30.4 Å². The number of hydrogen-bond donors (Lipinski definition) is 3. The van der Waals surface area contributed by atoms with Crippen LogP contribution in [0.4, 0.5) is 20.3 Å². The maximum atomic E-state index is 14.3. The first-order valence-corrected chi connectivity index (χ1v) is 16.4. The second-order valence-electron chi connectivity index (χ2n) is 11.2. The van der Waals surface area contributed by atoms with Crippen LogP contribution in [0.15, 0.2) is 88.8 Å². The first-order chi connectivity index (χ1) is 21.1. The van der Waals surface area contributed by atoms with Crippen molar-refractivity contribution in [1.82, 2.24) is 14.7 Å². The largest absolute Gasteiger partial charge is 0.480 e. The normalized spacial score (nSPS) is 12.3. The van der Waals surface area contributed by atoms with Gasteiger partial charge in [-0.05, 0) is 80.4 Å². The second-order valence-corrected chi connectivity index (χ2v) is 14.5. The number of methoxy groups -OCH3 is 1. The molecule has 0 unspecified atom stereocenters. The molecule has 0 aliphatic carbocycles. The fraction of sp³-hybridized carbons (Fsp3) is 0.161. The van der Waals surface area contributed by atoms with Gasteiger partial charge in [-0.1, -0.05) is 18.2 Å². The lowest BCUT2D eigenvalue weighted by atomic mass is 10.0. The molecule has 3 aromatic carbocycles. The van der Waals surface area contributed by atoms with Crippen LogP contribution in [0, 0.1) is 11.6 Å². The molecule has 0 saturated carbocycles. The number of nitrogens with one attached hydrogen (secondary N) is 2. The number of sulfonamides is 2. The number of hydrogen-bond acceptors (Lipinski definition) is 8. The molecule has 2 aromatic heterocycles. The average Bonchev–Trinajstić information content (AvgIpc) is 2.95. The lowest BCUT2D eigenvalue weighted by molar-refractivity contribution is 0.400. The Kier molecular flexibility index (Phi) is 8.25. The van der Waals surface area contributed by atoms with Gasteiger partial charge in [-0.25, -0.2) is 40.3 Å². The van der Waals surface area contributed by atoms with E-state index >= 15 is 0 Å². The maximum absolute atomic E-state index is 14.3. The van der Waals surface area contributed by atoms with Crippen LogP contribution < -0.4 is 19.9 Å². The van der Waals surface area contributed by atoms with Gasteiger partial charge < -0.3 is 10.5 Å². The lowest BCUT2D eigenvalue weighted by Crippen LogP contribution is -2.40. The summed E-state index contributed by atoms with van der Waals surface area (Å²) in [4.78, 5) is 8.03. The number of anilines is 2. The maximum Gasteiger partial charge on any atom is 0.264 e. The number of pyridine rings is 2. The van der Waals surface area contributed by atoms with Crippen LogP contribution in [-0.2, 0) is 20.0 Å². The van der Waals surface area contributed by atoms with E-state index in [1.165, 1.54) is 31.5 Å². The van der Waals surface area contributed by atoms with Crippen LogP contribution in [-0.4, -0.2) is 39.5 Å². The van der Waals surface area contributed by atoms with Gasteiger partial charge in [0.25, 0.3) is 10.0 Å². The van der Waals surface area contributed by atoms with Crippen molar-refractivity contribution >= 4 is 42.5 Å². The molecule has 0 atom stereocenters. The van der Waals surface area contributed by atoms with Gasteiger partial charge >= 0.3 is 0 Å². The minimum atomic E-state index is -4.48. The van der Waals surface area contributed by atoms with Crippen molar-refractivity contribution in [2.75, 3.05) is 17.6 Å². The van der Waals surface area contributed by atoms with E-state index < -0.39 is 42.1 Å². The van der Waals surface area contributed by atoms with E-state index in [0.717, 1.165) is 12.1 Å². The number of nitrogens with two attached hydrogens (primary N) is 1. The van der Waals surface area contributed by atoms with E-state index in [1.54, 1.807) is 57.2 Å². The molecule has 0 amide bonds.